The molecule has 0 atom stereocenters. The third-order valence-corrected chi connectivity index (χ3v) is 5.10. The smallest absolute Gasteiger partial charge is 0.225 e. The van der Waals surface area contributed by atoms with Crippen molar-refractivity contribution >= 4 is 17.2 Å². The Morgan fingerprint density at radius 1 is 1.31 bits per heavy atom. The number of benzene rings is 1. The van der Waals surface area contributed by atoms with Crippen molar-refractivity contribution in [3.63, 3.8) is 0 Å². The van der Waals surface area contributed by atoms with Crippen LogP contribution < -0.4 is 4.74 Å². The van der Waals surface area contributed by atoms with E-state index < -0.39 is 0 Å². The van der Waals surface area contributed by atoms with Crippen molar-refractivity contribution in [3.8, 4) is 5.75 Å². The Morgan fingerprint density at radius 2 is 2.08 bits per heavy atom. The Hall–Kier alpha value is -1.92. The van der Waals surface area contributed by atoms with E-state index in [0.29, 0.717) is 26.3 Å². The molecule has 1 heterocycles. The Labute approximate surface area is 160 Å². The molecule has 0 radical (unpaired) electrons. The maximum atomic E-state index is 12.4. The molecule has 5 nitrogen and oxygen atoms in total. The van der Waals surface area contributed by atoms with E-state index in [-0.39, 0.29) is 11.8 Å². The van der Waals surface area contributed by atoms with Gasteiger partial charge in [0.2, 0.25) is 5.91 Å². The maximum Gasteiger partial charge on any atom is 0.225 e. The van der Waals surface area contributed by atoms with Crippen molar-refractivity contribution in [2.45, 2.75) is 40.8 Å². The molecule has 142 valence electrons. The first-order valence-corrected chi connectivity index (χ1v) is 9.70. The summed E-state index contributed by atoms with van der Waals surface area (Å²) in [5.74, 6) is 0.958. The highest BCUT2D eigenvalue weighted by Crippen LogP contribution is 2.22. The SMILES string of the molecule is COCCN(Cc1csc(COc2cccc(C)c2C)n1)C(=O)C(C)C. The molecule has 2 aromatic rings. The third kappa shape index (κ3) is 5.54. The van der Waals surface area contributed by atoms with Crippen LogP contribution in [0.1, 0.15) is 35.7 Å². The number of carbonyl (C=O) groups excluding carboxylic acids is 1. The van der Waals surface area contributed by atoms with Gasteiger partial charge in [-0.05, 0) is 31.0 Å². The molecule has 26 heavy (non-hydrogen) atoms. The second kappa shape index (κ2) is 9.69. The largest absolute Gasteiger partial charge is 0.486 e. The molecule has 0 unspecified atom stereocenters. The van der Waals surface area contributed by atoms with E-state index in [2.05, 4.69) is 24.9 Å². The summed E-state index contributed by atoms with van der Waals surface area (Å²) in [6.07, 6.45) is 0. The van der Waals surface area contributed by atoms with Gasteiger partial charge in [0.25, 0.3) is 0 Å². The van der Waals surface area contributed by atoms with E-state index in [0.717, 1.165) is 22.0 Å². The van der Waals surface area contributed by atoms with Crippen LogP contribution >= 0.6 is 11.3 Å². The number of amides is 1. The quantitative estimate of drug-likeness (QED) is 0.664. The van der Waals surface area contributed by atoms with E-state index >= 15 is 0 Å². The van der Waals surface area contributed by atoms with Crippen LogP contribution in [-0.4, -0.2) is 36.1 Å². The zero-order valence-electron chi connectivity index (χ0n) is 16.2. The highest BCUT2D eigenvalue weighted by atomic mass is 32.1. The fourth-order valence-electron chi connectivity index (χ4n) is 2.54. The van der Waals surface area contributed by atoms with Crippen molar-refractivity contribution in [2.24, 2.45) is 5.92 Å². The van der Waals surface area contributed by atoms with E-state index in [4.69, 9.17) is 9.47 Å². The lowest BCUT2D eigenvalue weighted by Gasteiger charge is -2.23. The summed E-state index contributed by atoms with van der Waals surface area (Å²) in [4.78, 5) is 18.8. The number of hydrogen-bond donors (Lipinski definition) is 0. The monoisotopic (exact) mass is 376 g/mol. The van der Waals surface area contributed by atoms with Crippen LogP contribution in [0.15, 0.2) is 23.6 Å². The third-order valence-electron chi connectivity index (χ3n) is 4.23. The van der Waals surface area contributed by atoms with Gasteiger partial charge in [-0.2, -0.15) is 0 Å². The molecule has 0 spiro atoms. The van der Waals surface area contributed by atoms with Crippen LogP contribution in [0.5, 0.6) is 5.75 Å². The lowest BCUT2D eigenvalue weighted by atomic mass is 10.1. The summed E-state index contributed by atoms with van der Waals surface area (Å²) in [7, 11) is 1.64. The second-order valence-electron chi connectivity index (χ2n) is 6.63. The molecule has 0 bridgehead atoms. The van der Waals surface area contributed by atoms with Crippen LogP contribution in [-0.2, 0) is 22.7 Å². The molecular weight excluding hydrogens is 348 g/mol. The van der Waals surface area contributed by atoms with Gasteiger partial charge in [-0.3, -0.25) is 4.79 Å². The van der Waals surface area contributed by atoms with Gasteiger partial charge in [-0.15, -0.1) is 11.3 Å². The molecular formula is C20H28N2O3S. The van der Waals surface area contributed by atoms with Gasteiger partial charge in [0.05, 0.1) is 18.8 Å². The van der Waals surface area contributed by atoms with Crippen LogP contribution in [0.25, 0.3) is 0 Å². The molecule has 0 N–H and O–H groups in total. The average molecular weight is 377 g/mol. The summed E-state index contributed by atoms with van der Waals surface area (Å²) < 4.78 is 11.0. The van der Waals surface area contributed by atoms with Crippen LogP contribution in [0.2, 0.25) is 0 Å². The molecule has 1 amide bonds. The van der Waals surface area contributed by atoms with Crippen LogP contribution in [0, 0.1) is 19.8 Å². The molecule has 0 saturated heterocycles. The Kier molecular flexibility index (Phi) is 7.60. The Morgan fingerprint density at radius 3 is 2.77 bits per heavy atom. The Balaban J connectivity index is 1.99. The first kappa shape index (κ1) is 20.4. The first-order chi connectivity index (χ1) is 12.4. The molecule has 0 aliphatic rings. The minimum Gasteiger partial charge on any atom is -0.486 e. The van der Waals surface area contributed by atoms with Gasteiger partial charge in [0, 0.05) is 25.0 Å². The van der Waals surface area contributed by atoms with Crippen molar-refractivity contribution in [1.29, 1.82) is 0 Å². The molecule has 6 heteroatoms. The lowest BCUT2D eigenvalue weighted by molar-refractivity contribution is -0.135. The molecule has 1 aromatic heterocycles. The number of nitrogens with zero attached hydrogens (tertiary/aromatic N) is 2. The number of ether oxygens (including phenoxy) is 2. The van der Waals surface area contributed by atoms with Crippen LogP contribution in [0.4, 0.5) is 0 Å². The standard InChI is InChI=1S/C20H28N2O3S/c1-14(2)20(23)22(9-10-24-5)11-17-13-26-19(21-17)12-25-18-8-6-7-15(3)16(18)4/h6-8,13-14H,9-12H2,1-5H3. The number of methoxy groups -OCH3 is 1. The normalized spacial score (nSPS) is 11.0. The number of thiazole rings is 1. The molecule has 0 aliphatic carbocycles. The Bertz CT molecular complexity index is 728. The van der Waals surface area contributed by atoms with E-state index in [1.54, 1.807) is 23.3 Å². The van der Waals surface area contributed by atoms with Gasteiger partial charge < -0.3 is 14.4 Å². The second-order valence-corrected chi connectivity index (χ2v) is 7.57. The predicted molar refractivity (Wildman–Crippen MR) is 104 cm³/mol. The highest BCUT2D eigenvalue weighted by molar-refractivity contribution is 7.09. The zero-order chi connectivity index (χ0) is 19.1. The molecule has 0 fully saturated rings. The van der Waals surface area contributed by atoms with Gasteiger partial charge in [0.15, 0.2) is 0 Å². The molecule has 0 saturated carbocycles. The van der Waals surface area contributed by atoms with Crippen molar-refractivity contribution in [2.75, 3.05) is 20.3 Å². The van der Waals surface area contributed by atoms with Gasteiger partial charge in [-0.1, -0.05) is 26.0 Å². The van der Waals surface area contributed by atoms with Gasteiger partial charge in [0.1, 0.15) is 17.4 Å². The highest BCUT2D eigenvalue weighted by Gasteiger charge is 2.18. The van der Waals surface area contributed by atoms with Crippen molar-refractivity contribution in [1.82, 2.24) is 9.88 Å². The molecule has 0 aliphatic heterocycles. The zero-order valence-corrected chi connectivity index (χ0v) is 17.1. The van der Waals surface area contributed by atoms with E-state index in [1.807, 2.05) is 31.4 Å². The average Bonchev–Trinajstić information content (AvgIpc) is 3.06. The summed E-state index contributed by atoms with van der Waals surface area (Å²) in [6.45, 7) is 9.97. The minimum atomic E-state index is -0.0439. The number of aryl methyl sites for hydroxylation is 1. The van der Waals surface area contributed by atoms with Crippen LogP contribution in [0.3, 0.4) is 0 Å². The lowest BCUT2D eigenvalue weighted by Crippen LogP contribution is -2.36. The summed E-state index contributed by atoms with van der Waals surface area (Å²) in [5, 5.41) is 2.90. The molecule has 2 rings (SSSR count). The van der Waals surface area contributed by atoms with Crippen molar-refractivity contribution < 1.29 is 14.3 Å². The first-order valence-electron chi connectivity index (χ1n) is 8.82. The van der Waals surface area contributed by atoms with Gasteiger partial charge in [-0.25, -0.2) is 4.98 Å². The number of hydrogen-bond acceptors (Lipinski definition) is 5. The number of rotatable bonds is 9. The summed E-state index contributed by atoms with van der Waals surface area (Å²) >= 11 is 1.56. The predicted octanol–water partition coefficient (Wildman–Crippen LogP) is 3.97. The molecule has 1 aromatic carbocycles. The summed E-state index contributed by atoms with van der Waals surface area (Å²) in [6, 6.07) is 6.05. The number of carbonyl (C=O) groups is 1. The van der Waals surface area contributed by atoms with E-state index in [9.17, 15) is 4.79 Å². The summed E-state index contributed by atoms with van der Waals surface area (Å²) in [5.41, 5.74) is 3.25. The fourth-order valence-corrected chi connectivity index (χ4v) is 3.23. The maximum absolute atomic E-state index is 12.4. The van der Waals surface area contributed by atoms with Crippen molar-refractivity contribution in [3.05, 3.63) is 45.4 Å². The fraction of sp³-hybridized carbons (Fsp3) is 0.500. The minimum absolute atomic E-state index is 0.0439. The van der Waals surface area contributed by atoms with E-state index in [1.165, 1.54) is 5.56 Å². The topological polar surface area (TPSA) is 51.7 Å². The number of aromatic nitrogens is 1. The van der Waals surface area contributed by atoms with Gasteiger partial charge >= 0.3 is 0 Å².